The maximum Gasteiger partial charge on any atom is 0.322 e. The molecule has 4 amide bonds. The Bertz CT molecular complexity index is 854. The van der Waals surface area contributed by atoms with E-state index in [1.807, 2.05) is 0 Å². The normalized spacial score (nSPS) is 12.6. The van der Waals surface area contributed by atoms with Crippen molar-refractivity contribution in [1.29, 1.82) is 0 Å². The third-order valence-electron chi connectivity index (χ3n) is 4.50. The quantitative estimate of drug-likeness (QED) is 0.0379. The molecule has 0 aromatic carbocycles. The van der Waals surface area contributed by atoms with Gasteiger partial charge in [0.1, 0.15) is 37.3 Å². The van der Waals surface area contributed by atoms with Gasteiger partial charge in [0.25, 0.3) is 0 Å². The molecule has 0 aromatic rings. The Morgan fingerprint density at radius 2 is 0.881 bits per heavy atom. The topological polar surface area (TPSA) is 358 Å². The van der Waals surface area contributed by atoms with Crippen LogP contribution in [0.15, 0.2) is 0 Å². The lowest BCUT2D eigenvalue weighted by Gasteiger charge is -2.16. The van der Waals surface area contributed by atoms with Gasteiger partial charge < -0.3 is 53.2 Å². The Kier molecular flexibility index (Phi) is 25.5. The number of hydrogen-bond acceptors (Lipinski definition) is 14. The van der Waals surface area contributed by atoms with E-state index in [-0.39, 0.29) is 37.2 Å². The van der Waals surface area contributed by atoms with Crippen LogP contribution in [-0.2, 0) is 38.4 Å². The fraction of sp³-hybridized carbons (Fsp3) is 0.600. The van der Waals surface area contributed by atoms with Crippen molar-refractivity contribution in [2.45, 2.75) is 49.9 Å². The van der Waals surface area contributed by atoms with E-state index < -0.39 is 84.8 Å². The van der Waals surface area contributed by atoms with Crippen LogP contribution >= 0.6 is 25.3 Å². The van der Waals surface area contributed by atoms with Crippen LogP contribution in [0.5, 0.6) is 0 Å². The van der Waals surface area contributed by atoms with E-state index in [1.54, 1.807) is 0 Å². The maximum atomic E-state index is 11.5. The van der Waals surface area contributed by atoms with Gasteiger partial charge in [0.05, 0.1) is 0 Å². The number of amides is 4. The van der Waals surface area contributed by atoms with Crippen LogP contribution in [0.3, 0.4) is 0 Å². The van der Waals surface area contributed by atoms with E-state index in [4.69, 9.17) is 42.4 Å². The molecule has 20 nitrogen and oxygen atoms in total. The molecular formula is C20H36N6O14S2. The minimum absolute atomic E-state index is 0.0256. The largest absolute Gasteiger partial charge is 0.480 e. The molecule has 0 unspecified atom stereocenters. The summed E-state index contributed by atoms with van der Waals surface area (Å²) in [5.41, 5.74) is 10.5. The molecule has 0 fully saturated rings. The molecule has 42 heavy (non-hydrogen) atoms. The van der Waals surface area contributed by atoms with E-state index >= 15 is 0 Å². The zero-order valence-electron chi connectivity index (χ0n) is 22.0. The van der Waals surface area contributed by atoms with Crippen molar-refractivity contribution in [2.24, 2.45) is 11.5 Å². The minimum atomic E-state index is -1.22. The van der Waals surface area contributed by atoms with Crippen LogP contribution in [0.2, 0.25) is 0 Å². The first kappa shape index (κ1) is 42.8. The molecule has 0 aliphatic heterocycles. The molecule has 4 atom stereocenters. The molecule has 22 heteroatoms. The third kappa shape index (κ3) is 23.0. The lowest BCUT2D eigenvalue weighted by molar-refractivity contribution is -0.176. The molecule has 0 radical (unpaired) electrons. The van der Waals surface area contributed by atoms with Gasteiger partial charge in [0, 0.05) is 24.3 Å². The molecule has 0 saturated heterocycles. The summed E-state index contributed by atoms with van der Waals surface area (Å²) in [4.78, 5) is 87.5. The van der Waals surface area contributed by atoms with Crippen LogP contribution in [0.25, 0.3) is 0 Å². The second-order valence-electron chi connectivity index (χ2n) is 7.80. The first-order valence-corrected chi connectivity index (χ1v) is 12.8. The van der Waals surface area contributed by atoms with Gasteiger partial charge in [-0.15, -0.1) is 0 Å². The van der Waals surface area contributed by atoms with E-state index in [0.29, 0.717) is 0 Å². The summed E-state index contributed by atoms with van der Waals surface area (Å²) in [5.74, 6) is -7.41. The summed E-state index contributed by atoms with van der Waals surface area (Å²) >= 11 is 7.75. The highest BCUT2D eigenvalue weighted by Gasteiger charge is 2.22. The summed E-state index contributed by atoms with van der Waals surface area (Å²) in [6.45, 7) is -1.13. The lowest BCUT2D eigenvalue weighted by atomic mass is 10.1. The van der Waals surface area contributed by atoms with E-state index in [9.17, 15) is 38.4 Å². The Balaban J connectivity index is -0.000000683. The number of carbonyl (C=O) groups is 8. The van der Waals surface area contributed by atoms with Crippen molar-refractivity contribution < 1.29 is 69.3 Å². The standard InChI is InChI=1S/2C10H17N3O6S.H2O2/c2*11-5(10(18)19)1-2-7(14)13-6(4-20)9(17)12-3-8(15)16;1-2/h2*5-6,20H,1-4,11H2,(H,12,17)(H,13,14)(H,15,16)(H,18,19);1-2H/t2*5-,6-;/m11./s1. The Morgan fingerprint density at radius 1 is 0.595 bits per heavy atom. The van der Waals surface area contributed by atoms with Gasteiger partial charge in [-0.2, -0.15) is 25.3 Å². The molecular weight excluding hydrogens is 612 g/mol. The fourth-order valence-corrected chi connectivity index (χ4v) is 2.83. The lowest BCUT2D eigenvalue weighted by Crippen LogP contribution is -2.49. The van der Waals surface area contributed by atoms with Crippen LogP contribution in [0, 0.1) is 0 Å². The van der Waals surface area contributed by atoms with Crippen molar-refractivity contribution in [3.05, 3.63) is 0 Å². The molecule has 242 valence electrons. The predicted octanol–water partition coefficient (Wildman–Crippen LogP) is -4.39. The average Bonchev–Trinajstić information content (AvgIpc) is 2.94. The smallest absolute Gasteiger partial charge is 0.322 e. The van der Waals surface area contributed by atoms with E-state index in [2.05, 4.69) is 46.5 Å². The summed E-state index contributed by atoms with van der Waals surface area (Å²) in [6.07, 6.45) is -0.470. The Hall–Kier alpha value is -3.70. The summed E-state index contributed by atoms with van der Waals surface area (Å²) in [7, 11) is 0. The molecule has 0 aromatic heterocycles. The van der Waals surface area contributed by atoms with Crippen LogP contribution in [-0.4, -0.2) is 127 Å². The number of rotatable bonds is 18. The van der Waals surface area contributed by atoms with Crippen molar-refractivity contribution in [1.82, 2.24) is 21.3 Å². The monoisotopic (exact) mass is 648 g/mol. The Morgan fingerprint density at radius 3 is 1.10 bits per heavy atom. The zero-order chi connectivity index (χ0) is 33.4. The first-order chi connectivity index (χ1) is 19.5. The maximum absolute atomic E-state index is 11.5. The van der Waals surface area contributed by atoms with Crippen molar-refractivity contribution in [2.75, 3.05) is 24.6 Å². The predicted molar refractivity (Wildman–Crippen MR) is 148 cm³/mol. The van der Waals surface area contributed by atoms with Gasteiger partial charge in [0.15, 0.2) is 0 Å². The van der Waals surface area contributed by atoms with Crippen LogP contribution in [0.4, 0.5) is 0 Å². The minimum Gasteiger partial charge on any atom is -0.480 e. The van der Waals surface area contributed by atoms with Crippen molar-refractivity contribution in [3.8, 4) is 0 Å². The molecule has 0 rings (SSSR count). The second kappa shape index (κ2) is 25.0. The summed E-state index contributed by atoms with van der Waals surface area (Å²) in [5, 5.41) is 54.7. The van der Waals surface area contributed by atoms with Crippen LogP contribution in [0.1, 0.15) is 25.7 Å². The SMILES string of the molecule is N[C@H](CCC(=O)N[C@H](CS)C(=O)NCC(=O)O)C(=O)O.N[C@H](CCC(=O)N[C@H](CS)C(=O)NCC(=O)O)C(=O)O.OO. The summed E-state index contributed by atoms with van der Waals surface area (Å²) < 4.78 is 0. The molecule has 0 bridgehead atoms. The van der Waals surface area contributed by atoms with Crippen molar-refractivity contribution >= 4 is 72.8 Å². The van der Waals surface area contributed by atoms with E-state index in [1.165, 1.54) is 0 Å². The van der Waals surface area contributed by atoms with Gasteiger partial charge in [-0.25, -0.2) is 0 Å². The number of nitrogens with two attached hydrogens (primary N) is 2. The van der Waals surface area contributed by atoms with Gasteiger partial charge in [0.2, 0.25) is 23.6 Å². The van der Waals surface area contributed by atoms with Gasteiger partial charge >= 0.3 is 23.9 Å². The number of aliphatic carboxylic acids is 4. The fourth-order valence-electron chi connectivity index (χ4n) is 2.31. The van der Waals surface area contributed by atoms with Crippen LogP contribution < -0.4 is 32.7 Å². The summed E-state index contributed by atoms with van der Waals surface area (Å²) in [6, 6.07) is -4.30. The van der Waals surface area contributed by atoms with Gasteiger partial charge in [-0.05, 0) is 12.8 Å². The first-order valence-electron chi connectivity index (χ1n) is 11.5. The molecule has 14 N–H and O–H groups in total. The van der Waals surface area contributed by atoms with Crippen molar-refractivity contribution in [3.63, 3.8) is 0 Å². The second-order valence-corrected chi connectivity index (χ2v) is 8.53. The number of hydrogen-bond donors (Lipinski definition) is 14. The molecule has 0 saturated carbocycles. The molecule has 0 spiro atoms. The molecule has 0 aliphatic carbocycles. The molecule has 0 aliphatic rings. The number of carboxylic acids is 4. The number of carboxylic acid groups (broad SMARTS) is 4. The van der Waals surface area contributed by atoms with Gasteiger partial charge in [-0.1, -0.05) is 0 Å². The highest BCUT2D eigenvalue weighted by Crippen LogP contribution is 1.98. The van der Waals surface area contributed by atoms with E-state index in [0.717, 1.165) is 0 Å². The van der Waals surface area contributed by atoms with Gasteiger partial charge in [-0.3, -0.25) is 48.9 Å². The number of nitrogens with one attached hydrogen (secondary N) is 4. The Labute approximate surface area is 249 Å². The highest BCUT2D eigenvalue weighted by molar-refractivity contribution is 7.80. The third-order valence-corrected chi connectivity index (χ3v) is 5.23. The average molecular weight is 649 g/mol. The number of carbonyl (C=O) groups excluding carboxylic acids is 4. The highest BCUT2D eigenvalue weighted by atomic mass is 32.1. The number of thiol groups is 2. The zero-order valence-corrected chi connectivity index (χ0v) is 23.8. The molecule has 0 heterocycles.